The van der Waals surface area contributed by atoms with E-state index in [1.165, 1.54) is 28.6 Å². The van der Waals surface area contributed by atoms with E-state index in [2.05, 4.69) is 0 Å². The molecule has 8 heteroatoms. The van der Waals surface area contributed by atoms with E-state index in [1.807, 2.05) is 30.3 Å². The molecule has 3 aromatic rings. The third-order valence-electron chi connectivity index (χ3n) is 5.06. The van der Waals surface area contributed by atoms with Gasteiger partial charge < -0.3 is 4.74 Å². The van der Waals surface area contributed by atoms with Crippen LogP contribution in [0.1, 0.15) is 6.42 Å². The lowest BCUT2D eigenvalue weighted by molar-refractivity contribution is 0.474. The molecule has 0 spiro atoms. The molecule has 1 fully saturated rings. The summed E-state index contributed by atoms with van der Waals surface area (Å²) in [6.07, 6.45) is 0.270. The van der Waals surface area contributed by atoms with Crippen molar-refractivity contribution in [1.82, 2.24) is 4.31 Å². The van der Waals surface area contributed by atoms with Crippen LogP contribution in [-0.2, 0) is 19.9 Å². The zero-order chi connectivity index (χ0) is 21.2. The Morgan fingerprint density at radius 2 is 1.27 bits per heavy atom. The van der Waals surface area contributed by atoms with Crippen molar-refractivity contribution >= 4 is 19.9 Å². The average molecular weight is 444 g/mol. The molecule has 0 amide bonds. The van der Waals surface area contributed by atoms with Gasteiger partial charge in [0.2, 0.25) is 10.0 Å². The summed E-state index contributed by atoms with van der Waals surface area (Å²) in [6, 6.07) is 23.5. The van der Waals surface area contributed by atoms with Crippen LogP contribution in [0.4, 0.5) is 0 Å². The Morgan fingerprint density at radius 3 is 1.90 bits per heavy atom. The fourth-order valence-electron chi connectivity index (χ4n) is 3.43. The minimum atomic E-state index is -3.79. The predicted molar refractivity (Wildman–Crippen MR) is 114 cm³/mol. The molecular weight excluding hydrogens is 422 g/mol. The summed E-state index contributed by atoms with van der Waals surface area (Å²) >= 11 is 0. The first-order chi connectivity index (χ1) is 14.4. The normalized spacial score (nSPS) is 17.7. The maximum atomic E-state index is 13.0. The maximum Gasteiger partial charge on any atom is 0.243 e. The Labute approximate surface area is 176 Å². The second kappa shape index (κ2) is 8.22. The summed E-state index contributed by atoms with van der Waals surface area (Å²) in [6.45, 7) is 0.114. The number of nitrogens with zero attached hydrogens (tertiary/aromatic N) is 1. The molecule has 6 nitrogen and oxygen atoms in total. The molecule has 0 aliphatic carbocycles. The van der Waals surface area contributed by atoms with Crippen LogP contribution in [-0.4, -0.2) is 39.5 Å². The van der Waals surface area contributed by atoms with Gasteiger partial charge in [0.25, 0.3) is 0 Å². The van der Waals surface area contributed by atoms with E-state index in [-0.39, 0.29) is 29.3 Å². The minimum absolute atomic E-state index is 0.0537. The van der Waals surface area contributed by atoms with Crippen LogP contribution in [0.3, 0.4) is 0 Å². The molecule has 3 aromatic carbocycles. The van der Waals surface area contributed by atoms with Crippen LogP contribution in [0.15, 0.2) is 94.7 Å². The minimum Gasteiger partial charge on any atom is -0.457 e. The zero-order valence-electron chi connectivity index (χ0n) is 16.1. The number of hydrogen-bond donors (Lipinski definition) is 0. The van der Waals surface area contributed by atoms with Crippen molar-refractivity contribution in [3.05, 3.63) is 84.9 Å². The molecule has 0 aromatic heterocycles. The molecule has 1 aliphatic heterocycles. The van der Waals surface area contributed by atoms with E-state index in [9.17, 15) is 16.8 Å². The highest BCUT2D eigenvalue weighted by Gasteiger charge is 2.39. The third-order valence-corrected chi connectivity index (χ3v) is 9.13. The summed E-state index contributed by atoms with van der Waals surface area (Å²) in [4.78, 5) is 0.331. The van der Waals surface area contributed by atoms with Gasteiger partial charge in [0.15, 0.2) is 9.84 Å². The van der Waals surface area contributed by atoms with E-state index in [1.54, 1.807) is 30.3 Å². The summed E-state index contributed by atoms with van der Waals surface area (Å²) < 4.78 is 58.6. The van der Waals surface area contributed by atoms with Gasteiger partial charge in [-0.25, -0.2) is 16.8 Å². The molecule has 1 atom stereocenters. The molecule has 0 radical (unpaired) electrons. The van der Waals surface area contributed by atoms with Crippen molar-refractivity contribution < 1.29 is 21.6 Å². The maximum absolute atomic E-state index is 13.0. The highest BCUT2D eigenvalue weighted by molar-refractivity contribution is 7.92. The van der Waals surface area contributed by atoms with E-state index < -0.39 is 25.1 Å². The molecule has 1 heterocycles. The summed E-state index contributed by atoms with van der Waals surface area (Å²) in [5.41, 5.74) is 0. The smallest absolute Gasteiger partial charge is 0.243 e. The Hall–Kier alpha value is -2.68. The molecule has 0 saturated carbocycles. The Kier molecular flexibility index (Phi) is 5.64. The first-order valence-electron chi connectivity index (χ1n) is 9.49. The molecule has 1 saturated heterocycles. The van der Waals surface area contributed by atoms with E-state index >= 15 is 0 Å². The van der Waals surface area contributed by atoms with Crippen molar-refractivity contribution in [2.24, 2.45) is 0 Å². The van der Waals surface area contributed by atoms with Crippen LogP contribution in [0.5, 0.6) is 11.5 Å². The Bertz CT molecular complexity index is 1210. The fraction of sp³-hybridized carbons (Fsp3) is 0.182. The molecule has 156 valence electrons. The van der Waals surface area contributed by atoms with Crippen LogP contribution in [0.2, 0.25) is 0 Å². The molecule has 4 rings (SSSR count). The average Bonchev–Trinajstić information content (AvgIpc) is 3.28. The van der Waals surface area contributed by atoms with Gasteiger partial charge in [0, 0.05) is 13.1 Å². The number of para-hydroxylation sites is 1. The molecule has 1 aliphatic rings. The largest absolute Gasteiger partial charge is 0.457 e. The van der Waals surface area contributed by atoms with Gasteiger partial charge in [-0.15, -0.1) is 0 Å². The van der Waals surface area contributed by atoms with Gasteiger partial charge >= 0.3 is 0 Å². The Morgan fingerprint density at radius 1 is 0.700 bits per heavy atom. The van der Waals surface area contributed by atoms with Gasteiger partial charge in [-0.1, -0.05) is 36.4 Å². The van der Waals surface area contributed by atoms with Gasteiger partial charge in [-0.05, 0) is 55.0 Å². The molecule has 0 N–H and O–H groups in total. The molecule has 30 heavy (non-hydrogen) atoms. The number of ether oxygens (including phenoxy) is 1. The quantitative estimate of drug-likeness (QED) is 0.580. The first-order valence-corrected chi connectivity index (χ1v) is 12.5. The highest BCUT2D eigenvalue weighted by atomic mass is 32.2. The van der Waals surface area contributed by atoms with Crippen molar-refractivity contribution in [2.75, 3.05) is 13.1 Å². The van der Waals surface area contributed by atoms with Gasteiger partial charge in [0.1, 0.15) is 11.5 Å². The molecule has 1 unspecified atom stereocenters. The standard InChI is InChI=1S/C22H21NO5S2/c24-29(25,20-9-5-2-6-10-20)22-15-16-23(17-22)30(26,27)21-13-11-19(12-14-21)28-18-7-3-1-4-8-18/h1-14,22H,15-17H2. The second-order valence-corrected chi connectivity index (χ2v) is 11.2. The SMILES string of the molecule is O=S(=O)(c1ccccc1)C1CCN(S(=O)(=O)c2ccc(Oc3ccccc3)cc2)C1. The number of sulfone groups is 1. The third kappa shape index (κ3) is 4.12. The van der Waals surface area contributed by atoms with E-state index in [4.69, 9.17) is 4.74 Å². The predicted octanol–water partition coefficient (Wildman–Crippen LogP) is 3.72. The zero-order valence-corrected chi connectivity index (χ0v) is 17.7. The number of hydrogen-bond acceptors (Lipinski definition) is 5. The summed E-state index contributed by atoms with van der Waals surface area (Å²) in [5, 5.41) is -0.754. The number of sulfonamides is 1. The summed E-state index contributed by atoms with van der Waals surface area (Å²) in [5.74, 6) is 1.17. The topological polar surface area (TPSA) is 80.8 Å². The fourth-order valence-corrected chi connectivity index (χ4v) is 6.73. The van der Waals surface area contributed by atoms with Gasteiger partial charge in [-0.3, -0.25) is 0 Å². The van der Waals surface area contributed by atoms with Crippen molar-refractivity contribution in [3.8, 4) is 11.5 Å². The van der Waals surface area contributed by atoms with Crippen LogP contribution >= 0.6 is 0 Å². The molecule has 0 bridgehead atoms. The van der Waals surface area contributed by atoms with Gasteiger partial charge in [-0.2, -0.15) is 4.31 Å². The molecular formula is C22H21NO5S2. The van der Waals surface area contributed by atoms with Crippen molar-refractivity contribution in [1.29, 1.82) is 0 Å². The second-order valence-electron chi connectivity index (χ2n) is 7.02. The van der Waals surface area contributed by atoms with Crippen LogP contribution < -0.4 is 4.74 Å². The summed E-state index contributed by atoms with van der Waals surface area (Å²) in [7, 11) is -7.37. The van der Waals surface area contributed by atoms with Crippen LogP contribution in [0.25, 0.3) is 0 Å². The monoisotopic (exact) mass is 443 g/mol. The lowest BCUT2D eigenvalue weighted by Crippen LogP contribution is -2.32. The number of benzene rings is 3. The van der Waals surface area contributed by atoms with Crippen LogP contribution in [0, 0.1) is 0 Å². The lowest BCUT2D eigenvalue weighted by Gasteiger charge is -2.17. The van der Waals surface area contributed by atoms with E-state index in [0.29, 0.717) is 11.5 Å². The van der Waals surface area contributed by atoms with Crippen molar-refractivity contribution in [2.45, 2.75) is 21.5 Å². The first kappa shape index (κ1) is 20.6. The van der Waals surface area contributed by atoms with Crippen molar-refractivity contribution in [3.63, 3.8) is 0 Å². The van der Waals surface area contributed by atoms with E-state index in [0.717, 1.165) is 0 Å². The Balaban J connectivity index is 1.49. The lowest BCUT2D eigenvalue weighted by atomic mass is 10.3. The highest BCUT2D eigenvalue weighted by Crippen LogP contribution is 2.29. The number of rotatable bonds is 6. The van der Waals surface area contributed by atoms with Gasteiger partial charge in [0.05, 0.1) is 15.0 Å².